The first-order chi connectivity index (χ1) is 8.58. The maximum Gasteiger partial charge on any atom is 0.255 e. The lowest BCUT2D eigenvalue weighted by Gasteiger charge is -2.16. The molecule has 5 nitrogen and oxygen atoms in total. The second-order valence-electron chi connectivity index (χ2n) is 4.08. The van der Waals surface area contributed by atoms with Crippen molar-refractivity contribution in [1.82, 2.24) is 20.1 Å². The van der Waals surface area contributed by atoms with Gasteiger partial charge in [-0.3, -0.25) is 9.89 Å². The monoisotopic (exact) mass is 264 g/mol. The van der Waals surface area contributed by atoms with E-state index in [0.717, 1.165) is 5.56 Å². The third kappa shape index (κ3) is 2.68. The molecule has 0 aliphatic heterocycles. The molecule has 94 valence electrons. The minimum Gasteiger partial charge on any atom is -0.334 e. The van der Waals surface area contributed by atoms with Crippen molar-refractivity contribution in [3.05, 3.63) is 46.5 Å². The zero-order chi connectivity index (χ0) is 13.1. The molecule has 0 aliphatic carbocycles. The van der Waals surface area contributed by atoms with Crippen molar-refractivity contribution in [1.29, 1.82) is 0 Å². The van der Waals surface area contributed by atoms with Crippen LogP contribution in [0.4, 0.5) is 0 Å². The number of benzene rings is 1. The van der Waals surface area contributed by atoms with Gasteiger partial charge < -0.3 is 4.90 Å². The molecule has 1 heterocycles. The molecule has 6 heteroatoms. The second-order valence-corrected chi connectivity index (χ2v) is 4.48. The van der Waals surface area contributed by atoms with Crippen molar-refractivity contribution in [2.45, 2.75) is 13.5 Å². The number of nitrogens with one attached hydrogen (secondary N) is 1. The van der Waals surface area contributed by atoms with Gasteiger partial charge in [0.05, 0.1) is 17.1 Å². The first-order valence-corrected chi connectivity index (χ1v) is 5.81. The number of hydrogen-bond donors (Lipinski definition) is 1. The zero-order valence-corrected chi connectivity index (χ0v) is 10.9. The summed E-state index contributed by atoms with van der Waals surface area (Å²) in [7, 11) is 1.70. The molecule has 0 saturated carbocycles. The summed E-state index contributed by atoms with van der Waals surface area (Å²) in [4.78, 5) is 17.7. The molecule has 0 saturated heterocycles. The fraction of sp³-hybridized carbons (Fsp3) is 0.250. The minimum atomic E-state index is -0.142. The number of hydrogen-bond acceptors (Lipinski definition) is 3. The normalized spacial score (nSPS) is 10.4. The maximum absolute atomic E-state index is 12.2. The molecule has 2 aromatic rings. The van der Waals surface area contributed by atoms with Gasteiger partial charge in [0.15, 0.2) is 0 Å². The molecule has 0 bridgehead atoms. The Morgan fingerprint density at radius 2 is 2.28 bits per heavy atom. The second kappa shape index (κ2) is 5.18. The Morgan fingerprint density at radius 1 is 1.50 bits per heavy atom. The molecule has 0 spiro atoms. The maximum atomic E-state index is 12.2. The number of amides is 1. The Bertz CT molecular complexity index is 553. The lowest BCUT2D eigenvalue weighted by molar-refractivity contribution is 0.0782. The standard InChI is InChI=1S/C12H13ClN4O/c1-8-3-4-9(10(13)5-8)12(18)17(2)6-11-14-7-15-16-11/h3-5,7H,6H2,1-2H3,(H,14,15,16). The van der Waals surface area contributed by atoms with Crippen LogP contribution in [-0.2, 0) is 6.54 Å². The lowest BCUT2D eigenvalue weighted by atomic mass is 10.1. The van der Waals surface area contributed by atoms with E-state index in [9.17, 15) is 4.79 Å². The van der Waals surface area contributed by atoms with Gasteiger partial charge in [0, 0.05) is 7.05 Å². The van der Waals surface area contributed by atoms with Crippen LogP contribution in [0.5, 0.6) is 0 Å². The van der Waals surface area contributed by atoms with Gasteiger partial charge in [0.2, 0.25) is 0 Å². The molecule has 1 N–H and O–H groups in total. The van der Waals surface area contributed by atoms with E-state index in [2.05, 4.69) is 15.2 Å². The number of H-pyrrole nitrogens is 1. The third-order valence-electron chi connectivity index (χ3n) is 2.55. The van der Waals surface area contributed by atoms with Crippen molar-refractivity contribution in [2.75, 3.05) is 7.05 Å². The number of aryl methyl sites for hydroxylation is 1. The van der Waals surface area contributed by atoms with E-state index in [-0.39, 0.29) is 5.91 Å². The van der Waals surface area contributed by atoms with Crippen LogP contribution in [0.2, 0.25) is 5.02 Å². The molecule has 18 heavy (non-hydrogen) atoms. The average molecular weight is 265 g/mol. The van der Waals surface area contributed by atoms with Crippen LogP contribution in [0.25, 0.3) is 0 Å². The fourth-order valence-electron chi connectivity index (χ4n) is 1.60. The van der Waals surface area contributed by atoms with Gasteiger partial charge >= 0.3 is 0 Å². The van der Waals surface area contributed by atoms with Crippen LogP contribution in [0.3, 0.4) is 0 Å². The summed E-state index contributed by atoms with van der Waals surface area (Å²) in [6.45, 7) is 2.29. The van der Waals surface area contributed by atoms with E-state index < -0.39 is 0 Å². The summed E-state index contributed by atoms with van der Waals surface area (Å²) in [5.41, 5.74) is 1.51. The van der Waals surface area contributed by atoms with Crippen molar-refractivity contribution < 1.29 is 4.79 Å². The number of aromatic nitrogens is 3. The van der Waals surface area contributed by atoms with Crippen LogP contribution >= 0.6 is 11.6 Å². The topological polar surface area (TPSA) is 61.9 Å². The SMILES string of the molecule is Cc1ccc(C(=O)N(C)Cc2ncn[nH]2)c(Cl)c1. The van der Waals surface area contributed by atoms with Gasteiger partial charge in [0.1, 0.15) is 12.2 Å². The van der Waals surface area contributed by atoms with Crippen LogP contribution in [-0.4, -0.2) is 33.0 Å². The Labute approximate surface area is 110 Å². The van der Waals surface area contributed by atoms with Crippen molar-refractivity contribution in [3.8, 4) is 0 Å². The Balaban J connectivity index is 2.15. The van der Waals surface area contributed by atoms with Crippen LogP contribution in [0, 0.1) is 6.92 Å². The number of rotatable bonds is 3. The molecule has 0 radical (unpaired) electrons. The van der Waals surface area contributed by atoms with Crippen molar-refractivity contribution in [3.63, 3.8) is 0 Å². The van der Waals surface area contributed by atoms with Gasteiger partial charge in [-0.25, -0.2) is 4.98 Å². The summed E-state index contributed by atoms with van der Waals surface area (Å²) in [5, 5.41) is 6.91. The van der Waals surface area contributed by atoms with Gasteiger partial charge in [0.25, 0.3) is 5.91 Å². The molecular formula is C12H13ClN4O. The lowest BCUT2D eigenvalue weighted by Crippen LogP contribution is -2.27. The molecule has 2 rings (SSSR count). The van der Waals surface area contributed by atoms with E-state index in [0.29, 0.717) is 23.0 Å². The fourth-order valence-corrected chi connectivity index (χ4v) is 1.92. The molecule has 1 amide bonds. The highest BCUT2D eigenvalue weighted by Crippen LogP contribution is 2.19. The number of carbonyl (C=O) groups is 1. The number of halogens is 1. The summed E-state index contributed by atoms with van der Waals surface area (Å²) < 4.78 is 0. The van der Waals surface area contributed by atoms with Gasteiger partial charge in [-0.1, -0.05) is 17.7 Å². The van der Waals surface area contributed by atoms with Crippen molar-refractivity contribution >= 4 is 17.5 Å². The van der Waals surface area contributed by atoms with E-state index >= 15 is 0 Å². The molecule has 0 atom stereocenters. The zero-order valence-electron chi connectivity index (χ0n) is 10.1. The Kier molecular flexibility index (Phi) is 3.62. The minimum absolute atomic E-state index is 0.142. The number of aromatic amines is 1. The average Bonchev–Trinajstić information content (AvgIpc) is 2.81. The molecule has 1 aromatic heterocycles. The van der Waals surface area contributed by atoms with E-state index in [1.54, 1.807) is 19.2 Å². The molecule has 0 aliphatic rings. The van der Waals surface area contributed by atoms with E-state index in [4.69, 9.17) is 11.6 Å². The highest BCUT2D eigenvalue weighted by molar-refractivity contribution is 6.33. The first kappa shape index (κ1) is 12.6. The van der Waals surface area contributed by atoms with Crippen LogP contribution in [0.15, 0.2) is 24.5 Å². The largest absolute Gasteiger partial charge is 0.334 e. The van der Waals surface area contributed by atoms with Crippen molar-refractivity contribution in [2.24, 2.45) is 0 Å². The van der Waals surface area contributed by atoms with Gasteiger partial charge in [-0.2, -0.15) is 5.10 Å². The molecular weight excluding hydrogens is 252 g/mol. The van der Waals surface area contributed by atoms with E-state index in [1.807, 2.05) is 13.0 Å². The Morgan fingerprint density at radius 3 is 2.89 bits per heavy atom. The Hall–Kier alpha value is -1.88. The first-order valence-electron chi connectivity index (χ1n) is 5.44. The van der Waals surface area contributed by atoms with E-state index in [1.165, 1.54) is 11.2 Å². The quantitative estimate of drug-likeness (QED) is 0.923. The smallest absolute Gasteiger partial charge is 0.255 e. The third-order valence-corrected chi connectivity index (χ3v) is 2.87. The van der Waals surface area contributed by atoms with Crippen LogP contribution in [0.1, 0.15) is 21.7 Å². The predicted octanol–water partition coefficient (Wildman–Crippen LogP) is 2.04. The summed E-state index contributed by atoms with van der Waals surface area (Å²) in [6, 6.07) is 5.37. The highest BCUT2D eigenvalue weighted by atomic mass is 35.5. The predicted molar refractivity (Wildman–Crippen MR) is 68.4 cm³/mol. The van der Waals surface area contributed by atoms with Gasteiger partial charge in [-0.15, -0.1) is 0 Å². The molecule has 0 unspecified atom stereocenters. The number of carbonyl (C=O) groups excluding carboxylic acids is 1. The van der Waals surface area contributed by atoms with Gasteiger partial charge in [-0.05, 0) is 24.6 Å². The molecule has 1 aromatic carbocycles. The highest BCUT2D eigenvalue weighted by Gasteiger charge is 2.16. The summed E-state index contributed by atoms with van der Waals surface area (Å²) >= 11 is 6.07. The summed E-state index contributed by atoms with van der Waals surface area (Å²) in [6.07, 6.45) is 1.41. The summed E-state index contributed by atoms with van der Waals surface area (Å²) in [5.74, 6) is 0.491. The number of nitrogens with zero attached hydrogens (tertiary/aromatic N) is 3. The molecule has 0 fully saturated rings. The van der Waals surface area contributed by atoms with Crippen LogP contribution < -0.4 is 0 Å².